The summed E-state index contributed by atoms with van der Waals surface area (Å²) in [5, 5.41) is 19.2. The summed E-state index contributed by atoms with van der Waals surface area (Å²) in [4.78, 5) is 2.08. The van der Waals surface area contributed by atoms with Crippen molar-refractivity contribution in [2.24, 2.45) is 7.05 Å². The normalized spacial score (nSPS) is 13.2. The van der Waals surface area contributed by atoms with E-state index in [1.54, 1.807) is 17.1 Å². The van der Waals surface area contributed by atoms with E-state index < -0.39 is 6.10 Å². The largest absolute Gasteiger partial charge is 0.382 e. The van der Waals surface area contributed by atoms with Crippen molar-refractivity contribution in [3.8, 4) is 0 Å². The van der Waals surface area contributed by atoms with Crippen LogP contribution in [0.1, 0.15) is 23.1 Å². The third kappa shape index (κ3) is 2.94. The molecule has 0 fully saturated rings. The van der Waals surface area contributed by atoms with Crippen LogP contribution in [0.25, 0.3) is 0 Å². The number of nitrogens with zero attached hydrogens (tertiary/aromatic N) is 5. The minimum atomic E-state index is -0.734. The van der Waals surface area contributed by atoms with Gasteiger partial charge in [0.25, 0.3) is 0 Å². The van der Waals surface area contributed by atoms with Crippen molar-refractivity contribution in [2.75, 3.05) is 20.6 Å². The molecule has 7 heteroatoms. The van der Waals surface area contributed by atoms with Crippen molar-refractivity contribution in [1.82, 2.24) is 24.5 Å². The lowest BCUT2D eigenvalue weighted by Crippen LogP contribution is -2.21. The van der Waals surface area contributed by atoms with E-state index in [4.69, 9.17) is 0 Å². The predicted octanol–water partition coefficient (Wildman–Crippen LogP) is 1.33. The predicted molar refractivity (Wildman–Crippen MR) is 80.5 cm³/mol. The van der Waals surface area contributed by atoms with Gasteiger partial charge in [0.15, 0.2) is 0 Å². The van der Waals surface area contributed by atoms with Crippen molar-refractivity contribution < 1.29 is 5.11 Å². The zero-order valence-electron chi connectivity index (χ0n) is 12.2. The summed E-state index contributed by atoms with van der Waals surface area (Å²) in [5.41, 5.74) is 2.52. The minimum absolute atomic E-state index is 0.726. The molecule has 110 valence electrons. The minimum Gasteiger partial charge on any atom is -0.382 e. The first-order valence-electron chi connectivity index (χ1n) is 6.44. The molecule has 0 aliphatic carbocycles. The number of aryl methyl sites for hydroxylation is 1. The molecule has 1 atom stereocenters. The average molecular weight is 342 g/mol. The molecule has 0 aliphatic rings. The lowest BCUT2D eigenvalue weighted by molar-refractivity contribution is 0.204. The van der Waals surface area contributed by atoms with Gasteiger partial charge in [-0.2, -0.15) is 10.2 Å². The topological polar surface area (TPSA) is 59.1 Å². The molecule has 20 heavy (non-hydrogen) atoms. The van der Waals surface area contributed by atoms with Gasteiger partial charge in [0.05, 0.1) is 29.1 Å². The number of hydrogen-bond acceptors (Lipinski definition) is 4. The monoisotopic (exact) mass is 341 g/mol. The second-order valence-electron chi connectivity index (χ2n) is 5.12. The summed E-state index contributed by atoms with van der Waals surface area (Å²) in [6.07, 6.45) is 2.69. The molecule has 0 bridgehead atoms. The summed E-state index contributed by atoms with van der Waals surface area (Å²) in [5.74, 6) is 0. The van der Waals surface area contributed by atoms with Crippen molar-refractivity contribution in [2.45, 2.75) is 19.6 Å². The van der Waals surface area contributed by atoms with E-state index in [1.807, 2.05) is 32.7 Å². The highest BCUT2D eigenvalue weighted by molar-refractivity contribution is 9.10. The Morgan fingerprint density at radius 2 is 2.05 bits per heavy atom. The first-order valence-corrected chi connectivity index (χ1v) is 7.23. The molecule has 0 saturated carbocycles. The van der Waals surface area contributed by atoms with Crippen molar-refractivity contribution in [1.29, 1.82) is 0 Å². The molecule has 0 spiro atoms. The molecule has 0 saturated heterocycles. The lowest BCUT2D eigenvalue weighted by atomic mass is 10.1. The maximum Gasteiger partial charge on any atom is 0.125 e. The maximum absolute atomic E-state index is 10.6. The summed E-state index contributed by atoms with van der Waals surface area (Å²) >= 11 is 3.47. The summed E-state index contributed by atoms with van der Waals surface area (Å²) in [7, 11) is 5.89. The number of rotatable bonds is 5. The molecule has 0 amide bonds. The van der Waals surface area contributed by atoms with Gasteiger partial charge < -0.3 is 10.0 Å². The SMILES string of the molecule is Cc1c(C(O)c2c(Br)cnn2CCN(C)C)cnn1C. The highest BCUT2D eigenvalue weighted by Gasteiger charge is 2.22. The Hall–Kier alpha value is -1.18. The Morgan fingerprint density at radius 1 is 1.35 bits per heavy atom. The Kier molecular flexibility index (Phi) is 4.62. The van der Waals surface area contributed by atoms with Gasteiger partial charge in [0, 0.05) is 24.8 Å². The quantitative estimate of drug-likeness (QED) is 0.891. The molecule has 2 aromatic heterocycles. The van der Waals surface area contributed by atoms with Crippen molar-refractivity contribution >= 4 is 15.9 Å². The van der Waals surface area contributed by atoms with Crippen LogP contribution in [0, 0.1) is 6.92 Å². The highest BCUT2D eigenvalue weighted by atomic mass is 79.9. The molecule has 2 heterocycles. The summed E-state index contributed by atoms with van der Waals surface area (Å²) in [6, 6.07) is 0. The van der Waals surface area contributed by atoms with E-state index in [0.717, 1.165) is 34.5 Å². The van der Waals surface area contributed by atoms with E-state index in [1.165, 1.54) is 0 Å². The fourth-order valence-electron chi connectivity index (χ4n) is 2.05. The molecule has 6 nitrogen and oxygen atoms in total. The maximum atomic E-state index is 10.6. The van der Waals surface area contributed by atoms with Crippen LogP contribution in [0.5, 0.6) is 0 Å². The van der Waals surface area contributed by atoms with Crippen LogP contribution >= 0.6 is 15.9 Å². The highest BCUT2D eigenvalue weighted by Crippen LogP contribution is 2.29. The van der Waals surface area contributed by atoms with Gasteiger partial charge in [-0.05, 0) is 36.9 Å². The van der Waals surface area contributed by atoms with Gasteiger partial charge in [0.2, 0.25) is 0 Å². The van der Waals surface area contributed by atoms with Gasteiger partial charge in [-0.3, -0.25) is 9.36 Å². The van der Waals surface area contributed by atoms with Crippen LogP contribution in [0.2, 0.25) is 0 Å². The fraction of sp³-hybridized carbons (Fsp3) is 0.538. The van der Waals surface area contributed by atoms with Crippen LogP contribution in [-0.2, 0) is 13.6 Å². The Labute approximate surface area is 127 Å². The first kappa shape index (κ1) is 15.2. The molecular formula is C13H20BrN5O. The number of likely N-dealkylation sites (N-methyl/N-ethyl adjacent to an activating group) is 1. The van der Waals surface area contributed by atoms with Gasteiger partial charge in [-0.15, -0.1) is 0 Å². The number of aromatic nitrogens is 4. The van der Waals surface area contributed by atoms with Crippen LogP contribution < -0.4 is 0 Å². The van der Waals surface area contributed by atoms with E-state index in [-0.39, 0.29) is 0 Å². The third-order valence-electron chi connectivity index (χ3n) is 3.42. The van der Waals surface area contributed by atoms with Crippen LogP contribution in [0.3, 0.4) is 0 Å². The first-order chi connectivity index (χ1) is 9.41. The zero-order valence-corrected chi connectivity index (χ0v) is 13.8. The number of halogens is 1. The second kappa shape index (κ2) is 6.07. The average Bonchev–Trinajstić information content (AvgIpc) is 2.91. The second-order valence-corrected chi connectivity index (χ2v) is 5.97. The van der Waals surface area contributed by atoms with E-state index >= 15 is 0 Å². The molecule has 0 radical (unpaired) electrons. The van der Waals surface area contributed by atoms with Gasteiger partial charge >= 0.3 is 0 Å². The molecule has 1 N–H and O–H groups in total. The standard InChI is InChI=1S/C13H20BrN5O/c1-9-10(7-15-18(9)4)13(20)12-11(14)8-16-19(12)6-5-17(2)3/h7-8,13,20H,5-6H2,1-4H3. The van der Waals surface area contributed by atoms with E-state index in [9.17, 15) is 5.11 Å². The molecule has 1 unspecified atom stereocenters. The smallest absolute Gasteiger partial charge is 0.125 e. The Morgan fingerprint density at radius 3 is 2.60 bits per heavy atom. The molecule has 2 aromatic rings. The van der Waals surface area contributed by atoms with Gasteiger partial charge in [0.1, 0.15) is 6.10 Å². The van der Waals surface area contributed by atoms with Crippen LogP contribution in [0.4, 0.5) is 0 Å². The molecule has 2 rings (SSSR count). The zero-order chi connectivity index (χ0) is 14.9. The Bertz CT molecular complexity index is 590. The third-order valence-corrected chi connectivity index (χ3v) is 4.03. The molecular weight excluding hydrogens is 322 g/mol. The molecule has 0 aliphatic heterocycles. The number of hydrogen-bond donors (Lipinski definition) is 1. The van der Waals surface area contributed by atoms with Crippen LogP contribution in [0.15, 0.2) is 16.9 Å². The van der Waals surface area contributed by atoms with Crippen molar-refractivity contribution in [3.63, 3.8) is 0 Å². The summed E-state index contributed by atoms with van der Waals surface area (Å²) in [6.45, 7) is 3.53. The van der Waals surface area contributed by atoms with Gasteiger partial charge in [-0.1, -0.05) is 0 Å². The summed E-state index contributed by atoms with van der Waals surface area (Å²) < 4.78 is 4.40. The number of aliphatic hydroxyl groups excluding tert-OH is 1. The van der Waals surface area contributed by atoms with Crippen molar-refractivity contribution in [3.05, 3.63) is 33.8 Å². The lowest BCUT2D eigenvalue weighted by Gasteiger charge is -2.16. The number of aliphatic hydroxyl groups is 1. The van der Waals surface area contributed by atoms with Gasteiger partial charge in [-0.25, -0.2) is 0 Å². The Balaban J connectivity index is 2.31. The van der Waals surface area contributed by atoms with Crippen LogP contribution in [-0.4, -0.2) is 50.2 Å². The van der Waals surface area contributed by atoms with E-state index in [0.29, 0.717) is 0 Å². The van der Waals surface area contributed by atoms with E-state index in [2.05, 4.69) is 31.0 Å². The fourth-order valence-corrected chi connectivity index (χ4v) is 2.56. The molecule has 0 aromatic carbocycles.